The van der Waals surface area contributed by atoms with Gasteiger partial charge in [0.2, 0.25) is 17.7 Å². The van der Waals surface area contributed by atoms with Crippen LogP contribution in [0.5, 0.6) is 0 Å². The molecule has 0 unspecified atom stereocenters. The fourth-order valence-electron chi connectivity index (χ4n) is 3.01. The van der Waals surface area contributed by atoms with E-state index in [4.69, 9.17) is 22.3 Å². The van der Waals surface area contributed by atoms with Gasteiger partial charge in [-0.15, -0.1) is 0 Å². The number of benzene rings is 1. The third-order valence-electron chi connectivity index (χ3n) is 4.95. The van der Waals surface area contributed by atoms with E-state index in [-0.39, 0.29) is 38.3 Å². The Hall–Kier alpha value is -3.71. The quantitative estimate of drug-likeness (QED) is 0.0734. The maximum Gasteiger partial charge on any atom is 0.305 e. The Balaban J connectivity index is 3.00. The highest BCUT2D eigenvalue weighted by atomic mass is 16.4. The molecule has 0 fully saturated rings. The highest BCUT2D eigenvalue weighted by Crippen LogP contribution is 2.06. The first kappa shape index (κ1) is 29.3. The van der Waals surface area contributed by atoms with Gasteiger partial charge in [-0.2, -0.15) is 0 Å². The molecule has 0 aliphatic carbocycles. The van der Waals surface area contributed by atoms with Gasteiger partial charge in [0, 0.05) is 19.5 Å². The number of carbonyl (C=O) groups is 4. The number of carboxylic acid groups (broad SMARTS) is 1. The lowest BCUT2D eigenvalue weighted by Gasteiger charge is -2.25. The van der Waals surface area contributed by atoms with Crippen molar-refractivity contribution in [3.8, 4) is 0 Å². The van der Waals surface area contributed by atoms with Crippen LogP contribution in [-0.2, 0) is 25.6 Å². The van der Waals surface area contributed by atoms with E-state index in [1.807, 2.05) is 0 Å². The van der Waals surface area contributed by atoms with Crippen molar-refractivity contribution in [3.63, 3.8) is 0 Å². The smallest absolute Gasteiger partial charge is 0.305 e. The zero-order chi connectivity index (χ0) is 26.4. The summed E-state index contributed by atoms with van der Waals surface area (Å²) in [6.45, 7) is 1.43. The second kappa shape index (κ2) is 15.2. The van der Waals surface area contributed by atoms with E-state index < -0.39 is 47.9 Å². The second-order valence-electron chi connectivity index (χ2n) is 7.96. The molecule has 13 nitrogen and oxygen atoms in total. The molecule has 1 aromatic rings. The Morgan fingerprint density at radius 1 is 1.00 bits per heavy atom. The van der Waals surface area contributed by atoms with Crippen LogP contribution in [0.2, 0.25) is 0 Å². The van der Waals surface area contributed by atoms with Gasteiger partial charge in [0.15, 0.2) is 5.96 Å². The molecule has 0 radical (unpaired) electrons. The summed E-state index contributed by atoms with van der Waals surface area (Å²) in [6.07, 6.45) is -0.842. The van der Waals surface area contributed by atoms with Crippen LogP contribution < -0.4 is 33.2 Å². The highest BCUT2D eigenvalue weighted by Gasteiger charge is 2.29. The lowest BCUT2D eigenvalue weighted by atomic mass is 10.0. The number of rotatable bonds is 15. The number of aliphatic hydroxyl groups is 1. The molecule has 194 valence electrons. The summed E-state index contributed by atoms with van der Waals surface area (Å²) in [5.41, 5.74) is 17.0. The van der Waals surface area contributed by atoms with Crippen molar-refractivity contribution in [1.29, 1.82) is 0 Å². The summed E-state index contributed by atoms with van der Waals surface area (Å²) in [6, 6.07) is 5.52. The van der Waals surface area contributed by atoms with Crippen molar-refractivity contribution < 1.29 is 29.4 Å². The molecule has 13 heteroatoms. The predicted molar refractivity (Wildman–Crippen MR) is 129 cm³/mol. The lowest BCUT2D eigenvalue weighted by Crippen LogP contribution is -2.57. The zero-order valence-corrected chi connectivity index (χ0v) is 19.6. The van der Waals surface area contributed by atoms with Crippen LogP contribution in [0, 0.1) is 0 Å². The van der Waals surface area contributed by atoms with E-state index >= 15 is 0 Å². The molecule has 1 aromatic carbocycles. The predicted octanol–water partition coefficient (Wildman–Crippen LogP) is -2.45. The SMILES string of the molecule is C[C@@H](O)[C@H](N)C(=O)N[C@H](CCCN=C(N)N)C(=O)N[C@@H](Cc1ccccc1)C(=O)NCCC(=O)O. The van der Waals surface area contributed by atoms with Crippen LogP contribution >= 0.6 is 0 Å². The third-order valence-corrected chi connectivity index (χ3v) is 4.95. The van der Waals surface area contributed by atoms with Gasteiger partial charge in [-0.25, -0.2) is 0 Å². The minimum Gasteiger partial charge on any atom is -0.481 e. The normalized spacial score (nSPS) is 14.0. The fourth-order valence-corrected chi connectivity index (χ4v) is 3.01. The van der Waals surface area contributed by atoms with Crippen molar-refractivity contribution in [2.45, 2.75) is 56.8 Å². The average Bonchev–Trinajstić information content (AvgIpc) is 2.79. The van der Waals surface area contributed by atoms with Crippen LogP contribution in [0.3, 0.4) is 0 Å². The van der Waals surface area contributed by atoms with Crippen LogP contribution in [0.25, 0.3) is 0 Å². The maximum absolute atomic E-state index is 13.1. The van der Waals surface area contributed by atoms with Gasteiger partial charge in [-0.1, -0.05) is 30.3 Å². The van der Waals surface area contributed by atoms with Gasteiger partial charge >= 0.3 is 5.97 Å². The number of nitrogens with zero attached hydrogens (tertiary/aromatic N) is 1. The van der Waals surface area contributed by atoms with Crippen molar-refractivity contribution in [2.24, 2.45) is 22.2 Å². The molecule has 3 amide bonds. The summed E-state index contributed by atoms with van der Waals surface area (Å²) in [7, 11) is 0. The van der Waals surface area contributed by atoms with E-state index in [1.54, 1.807) is 30.3 Å². The van der Waals surface area contributed by atoms with Gasteiger partial charge in [-0.3, -0.25) is 24.2 Å². The molecule has 4 atom stereocenters. The van der Waals surface area contributed by atoms with Gasteiger partial charge in [0.25, 0.3) is 0 Å². The Morgan fingerprint density at radius 3 is 2.20 bits per heavy atom. The molecule has 0 heterocycles. The van der Waals surface area contributed by atoms with E-state index in [0.29, 0.717) is 6.42 Å². The molecule has 1 rings (SSSR count). The number of aliphatic hydroxyl groups excluding tert-OH is 1. The van der Waals surface area contributed by atoms with E-state index in [0.717, 1.165) is 5.56 Å². The van der Waals surface area contributed by atoms with E-state index in [9.17, 15) is 24.3 Å². The number of nitrogens with one attached hydrogen (secondary N) is 3. The highest BCUT2D eigenvalue weighted by molar-refractivity contribution is 5.93. The fraction of sp³-hybridized carbons (Fsp3) is 0.500. The number of guanidine groups is 1. The van der Waals surface area contributed by atoms with Crippen molar-refractivity contribution >= 4 is 29.7 Å². The molecule has 11 N–H and O–H groups in total. The van der Waals surface area contributed by atoms with Crippen molar-refractivity contribution in [1.82, 2.24) is 16.0 Å². The third kappa shape index (κ3) is 11.8. The maximum atomic E-state index is 13.1. The Labute approximate surface area is 203 Å². The molecule has 0 bridgehead atoms. The summed E-state index contributed by atoms with van der Waals surface area (Å²) in [5.74, 6) is -3.17. The number of aliphatic imine (C=N–C) groups is 1. The number of nitrogens with two attached hydrogens (primary N) is 3. The topological polar surface area (TPSA) is 235 Å². The Morgan fingerprint density at radius 2 is 1.63 bits per heavy atom. The monoisotopic (exact) mass is 493 g/mol. The minimum absolute atomic E-state index is 0.114. The van der Waals surface area contributed by atoms with Gasteiger partial charge < -0.3 is 43.4 Å². The van der Waals surface area contributed by atoms with Crippen LogP contribution in [0.4, 0.5) is 0 Å². The summed E-state index contributed by atoms with van der Waals surface area (Å²) >= 11 is 0. The van der Waals surface area contributed by atoms with Crippen LogP contribution in [0.1, 0.15) is 31.7 Å². The summed E-state index contributed by atoms with van der Waals surface area (Å²) in [4.78, 5) is 52.8. The molecule has 0 aromatic heterocycles. The van der Waals surface area contributed by atoms with Gasteiger partial charge in [0.1, 0.15) is 18.1 Å². The molecule has 0 saturated heterocycles. The largest absolute Gasteiger partial charge is 0.481 e. The van der Waals surface area contributed by atoms with E-state index in [1.165, 1.54) is 6.92 Å². The molecular weight excluding hydrogens is 458 g/mol. The molecule has 0 saturated carbocycles. The second-order valence-corrected chi connectivity index (χ2v) is 7.96. The molecule has 0 aliphatic rings. The number of aliphatic carboxylic acids is 1. The van der Waals surface area contributed by atoms with E-state index in [2.05, 4.69) is 20.9 Å². The lowest BCUT2D eigenvalue weighted by molar-refractivity contribution is -0.137. The number of hydrogen-bond acceptors (Lipinski definition) is 7. The van der Waals surface area contributed by atoms with Gasteiger partial charge in [-0.05, 0) is 25.3 Å². The molecule has 0 aliphatic heterocycles. The zero-order valence-electron chi connectivity index (χ0n) is 19.6. The first-order valence-corrected chi connectivity index (χ1v) is 11.1. The van der Waals surface area contributed by atoms with Gasteiger partial charge in [0.05, 0.1) is 12.5 Å². The number of amides is 3. The van der Waals surface area contributed by atoms with Crippen LogP contribution in [0.15, 0.2) is 35.3 Å². The number of carbonyl (C=O) groups excluding carboxylic acids is 3. The first-order valence-electron chi connectivity index (χ1n) is 11.1. The molecule has 35 heavy (non-hydrogen) atoms. The number of carboxylic acids is 1. The molecular formula is C22H35N7O6. The minimum atomic E-state index is -1.26. The van der Waals surface area contributed by atoms with Crippen molar-refractivity contribution in [3.05, 3.63) is 35.9 Å². The standard InChI is InChI=1S/C22H35N7O6/c1-13(30)18(23)21(35)28-15(8-5-10-27-22(24)25)20(34)29-16(12-14-6-3-2-4-7-14)19(33)26-11-9-17(31)32/h2-4,6-7,13,15-16,18,30H,5,8-12,23H2,1H3,(H,26,33)(H,28,35)(H,29,34)(H,31,32)(H4,24,25,27)/t13-,15-,16+,18+/m1/s1. The Kier molecular flexibility index (Phi) is 12.8. The average molecular weight is 494 g/mol. The summed E-state index contributed by atoms with van der Waals surface area (Å²) in [5, 5.41) is 26.0. The summed E-state index contributed by atoms with van der Waals surface area (Å²) < 4.78 is 0. The first-order chi connectivity index (χ1) is 16.5. The van der Waals surface area contributed by atoms with Crippen molar-refractivity contribution in [2.75, 3.05) is 13.1 Å². The van der Waals surface area contributed by atoms with Crippen LogP contribution in [-0.4, -0.2) is 77.2 Å². The molecule has 0 spiro atoms. The Bertz CT molecular complexity index is 874. The number of hydrogen-bond donors (Lipinski definition) is 8.